The van der Waals surface area contributed by atoms with Gasteiger partial charge in [-0.15, -0.1) is 0 Å². The summed E-state index contributed by atoms with van der Waals surface area (Å²) in [6.45, 7) is 3.96. The Hall–Kier alpha value is -1.56. The van der Waals surface area contributed by atoms with Gasteiger partial charge in [0.1, 0.15) is 5.75 Å². The third-order valence-electron chi connectivity index (χ3n) is 3.07. The minimum Gasteiger partial charge on any atom is -0.481 e. The Bertz CT molecular complexity index is 593. The molecule has 1 atom stereocenters. The molecule has 0 heterocycles. The number of hydrogen-bond donors (Lipinski definition) is 1. The van der Waals surface area contributed by atoms with E-state index in [1.54, 1.807) is 0 Å². The Kier molecular flexibility index (Phi) is 5.61. The van der Waals surface area contributed by atoms with Gasteiger partial charge < -0.3 is 10.1 Å². The Morgan fingerprint density at radius 3 is 2.33 bits per heavy atom. The van der Waals surface area contributed by atoms with Gasteiger partial charge in [0.05, 0.1) is 0 Å². The van der Waals surface area contributed by atoms with Gasteiger partial charge in [0, 0.05) is 9.26 Å². The lowest BCUT2D eigenvalue weighted by atomic mass is 10.2. The molecule has 110 valence electrons. The lowest BCUT2D eigenvalue weighted by Gasteiger charge is -2.17. The highest BCUT2D eigenvalue weighted by molar-refractivity contribution is 14.1. The average molecular weight is 395 g/mol. The van der Waals surface area contributed by atoms with Crippen molar-refractivity contribution in [2.75, 3.05) is 5.32 Å². The molecule has 4 heteroatoms. The lowest BCUT2D eigenvalue weighted by Crippen LogP contribution is -2.32. The van der Waals surface area contributed by atoms with Crippen LogP contribution in [0.25, 0.3) is 0 Å². The summed E-state index contributed by atoms with van der Waals surface area (Å²) < 4.78 is 6.90. The zero-order valence-electron chi connectivity index (χ0n) is 12.1. The predicted octanol–water partition coefficient (Wildman–Crippen LogP) is 4.40. The highest BCUT2D eigenvalue weighted by Crippen LogP contribution is 2.16. The van der Waals surface area contributed by atoms with Crippen LogP contribution in [0.3, 0.4) is 0 Å². The van der Waals surface area contributed by atoms with Crippen LogP contribution in [-0.4, -0.2) is 12.0 Å². The molecule has 0 radical (unpaired) electrons. The van der Waals surface area contributed by atoms with Gasteiger partial charge in [-0.25, -0.2) is 0 Å². The Morgan fingerprint density at radius 1 is 1.14 bits per heavy atom. The van der Waals surface area contributed by atoms with E-state index in [1.807, 2.05) is 62.4 Å². The van der Waals surface area contributed by atoms with Crippen molar-refractivity contribution in [1.29, 1.82) is 0 Å². The first-order valence-electron chi connectivity index (χ1n) is 6.88. The molecule has 0 spiro atoms. The molecular formula is C17H18INO2. The van der Waals surface area contributed by atoms with Gasteiger partial charge in [0.2, 0.25) is 0 Å². The highest BCUT2D eigenvalue weighted by Gasteiger charge is 2.18. The number of nitrogens with one attached hydrogen (secondary N) is 1. The molecule has 0 aliphatic rings. The van der Waals surface area contributed by atoms with Crippen LogP contribution >= 0.6 is 22.6 Å². The van der Waals surface area contributed by atoms with Crippen molar-refractivity contribution in [3.8, 4) is 5.75 Å². The van der Waals surface area contributed by atoms with E-state index in [-0.39, 0.29) is 5.91 Å². The van der Waals surface area contributed by atoms with Gasteiger partial charge in [-0.1, -0.05) is 24.6 Å². The van der Waals surface area contributed by atoms with Gasteiger partial charge in [-0.3, -0.25) is 4.79 Å². The van der Waals surface area contributed by atoms with E-state index in [4.69, 9.17) is 4.74 Å². The normalized spacial score (nSPS) is 11.8. The van der Waals surface area contributed by atoms with E-state index >= 15 is 0 Å². The molecular weight excluding hydrogens is 377 g/mol. The van der Waals surface area contributed by atoms with Crippen molar-refractivity contribution in [1.82, 2.24) is 0 Å². The topological polar surface area (TPSA) is 38.3 Å². The number of carbonyl (C=O) groups is 1. The monoisotopic (exact) mass is 395 g/mol. The summed E-state index contributed by atoms with van der Waals surface area (Å²) >= 11 is 2.23. The first-order valence-corrected chi connectivity index (χ1v) is 7.96. The second kappa shape index (κ2) is 7.45. The number of amides is 1. The van der Waals surface area contributed by atoms with Crippen molar-refractivity contribution in [2.24, 2.45) is 0 Å². The number of hydrogen-bond acceptors (Lipinski definition) is 2. The van der Waals surface area contributed by atoms with E-state index in [1.165, 1.54) is 5.56 Å². The first-order chi connectivity index (χ1) is 10.1. The molecule has 21 heavy (non-hydrogen) atoms. The van der Waals surface area contributed by atoms with E-state index < -0.39 is 6.10 Å². The second-order valence-corrected chi connectivity index (χ2v) is 6.07. The van der Waals surface area contributed by atoms with Crippen LogP contribution in [0.15, 0.2) is 48.5 Å². The predicted molar refractivity (Wildman–Crippen MR) is 93.7 cm³/mol. The average Bonchev–Trinajstić information content (AvgIpc) is 2.49. The Labute approximate surface area is 138 Å². The van der Waals surface area contributed by atoms with Crippen LogP contribution in [-0.2, 0) is 4.79 Å². The van der Waals surface area contributed by atoms with Crippen LogP contribution in [0.1, 0.15) is 18.9 Å². The molecule has 3 nitrogen and oxygen atoms in total. The van der Waals surface area contributed by atoms with Crippen LogP contribution in [0.5, 0.6) is 5.75 Å². The number of carbonyl (C=O) groups excluding carboxylic acids is 1. The van der Waals surface area contributed by atoms with E-state index in [2.05, 4.69) is 27.9 Å². The number of anilines is 1. The zero-order valence-corrected chi connectivity index (χ0v) is 14.3. The number of rotatable bonds is 5. The lowest BCUT2D eigenvalue weighted by molar-refractivity contribution is -0.122. The third-order valence-corrected chi connectivity index (χ3v) is 3.79. The van der Waals surface area contributed by atoms with Crippen LogP contribution in [0, 0.1) is 10.5 Å². The van der Waals surface area contributed by atoms with Gasteiger partial charge in [0.25, 0.3) is 5.91 Å². The fraction of sp³-hybridized carbons (Fsp3) is 0.235. The summed E-state index contributed by atoms with van der Waals surface area (Å²) in [7, 11) is 0. The largest absolute Gasteiger partial charge is 0.481 e. The number of ether oxygens (including phenoxy) is 1. The maximum absolute atomic E-state index is 12.3. The molecule has 1 amide bonds. The quantitative estimate of drug-likeness (QED) is 0.763. The minimum absolute atomic E-state index is 0.126. The van der Waals surface area contributed by atoms with Gasteiger partial charge in [-0.2, -0.15) is 0 Å². The van der Waals surface area contributed by atoms with Crippen LogP contribution < -0.4 is 10.1 Å². The fourth-order valence-electron chi connectivity index (χ4n) is 1.86. The number of halogens is 1. The van der Waals surface area contributed by atoms with Crippen molar-refractivity contribution in [3.63, 3.8) is 0 Å². The molecule has 1 N–H and O–H groups in total. The van der Waals surface area contributed by atoms with E-state index in [0.29, 0.717) is 12.2 Å². The molecule has 0 bridgehead atoms. The molecule has 0 unspecified atom stereocenters. The van der Waals surface area contributed by atoms with Crippen LogP contribution in [0.2, 0.25) is 0 Å². The standard InChI is InChI=1S/C17H18INO2/c1-3-16(21-15-10-4-12(2)5-11-15)17(20)19-14-8-6-13(18)7-9-14/h4-11,16H,3H2,1-2H3,(H,19,20)/t16-/m0/s1. The first kappa shape index (κ1) is 15.8. The summed E-state index contributed by atoms with van der Waals surface area (Å²) in [6, 6.07) is 15.4. The molecule has 0 aromatic heterocycles. The Morgan fingerprint density at radius 2 is 1.76 bits per heavy atom. The van der Waals surface area contributed by atoms with E-state index in [9.17, 15) is 4.79 Å². The minimum atomic E-state index is -0.494. The second-order valence-electron chi connectivity index (χ2n) is 4.82. The summed E-state index contributed by atoms with van der Waals surface area (Å²) in [5.74, 6) is 0.587. The van der Waals surface area contributed by atoms with Crippen LogP contribution in [0.4, 0.5) is 5.69 Å². The molecule has 0 fully saturated rings. The molecule has 0 aliphatic carbocycles. The highest BCUT2D eigenvalue weighted by atomic mass is 127. The van der Waals surface area contributed by atoms with Crippen molar-refractivity contribution in [3.05, 3.63) is 57.7 Å². The van der Waals surface area contributed by atoms with Crippen molar-refractivity contribution in [2.45, 2.75) is 26.4 Å². The molecule has 2 aromatic carbocycles. The smallest absolute Gasteiger partial charge is 0.265 e. The van der Waals surface area contributed by atoms with Crippen molar-refractivity contribution < 1.29 is 9.53 Å². The molecule has 0 saturated heterocycles. The van der Waals surface area contributed by atoms with Crippen molar-refractivity contribution >= 4 is 34.2 Å². The molecule has 0 aliphatic heterocycles. The summed E-state index contributed by atoms with van der Waals surface area (Å²) in [5, 5.41) is 2.88. The number of benzene rings is 2. The SMILES string of the molecule is CC[C@H](Oc1ccc(C)cc1)C(=O)Nc1ccc(I)cc1. The summed E-state index contributed by atoms with van der Waals surface area (Å²) in [4.78, 5) is 12.3. The fourth-order valence-corrected chi connectivity index (χ4v) is 2.22. The van der Waals surface area contributed by atoms with Gasteiger partial charge in [0.15, 0.2) is 6.10 Å². The van der Waals surface area contributed by atoms with E-state index in [0.717, 1.165) is 9.26 Å². The molecule has 0 saturated carbocycles. The van der Waals surface area contributed by atoms with Gasteiger partial charge in [-0.05, 0) is 72.3 Å². The maximum Gasteiger partial charge on any atom is 0.265 e. The maximum atomic E-state index is 12.3. The van der Waals surface area contributed by atoms with Gasteiger partial charge >= 0.3 is 0 Å². The molecule has 2 aromatic rings. The Balaban J connectivity index is 2.01. The zero-order chi connectivity index (χ0) is 15.2. The molecule has 2 rings (SSSR count). The third kappa shape index (κ3) is 4.74. The summed E-state index contributed by atoms with van der Waals surface area (Å²) in [6.07, 6.45) is 0.122. The summed E-state index contributed by atoms with van der Waals surface area (Å²) in [5.41, 5.74) is 1.95. The number of aryl methyl sites for hydroxylation is 1.